The van der Waals surface area contributed by atoms with E-state index < -0.39 is 5.54 Å². The van der Waals surface area contributed by atoms with Crippen LogP contribution in [-0.2, 0) is 19.0 Å². The Balaban J connectivity index is 1.30. The second-order valence-electron chi connectivity index (χ2n) is 8.13. The van der Waals surface area contributed by atoms with Crippen molar-refractivity contribution in [3.63, 3.8) is 0 Å². The predicted molar refractivity (Wildman–Crippen MR) is 119 cm³/mol. The lowest BCUT2D eigenvalue weighted by Crippen LogP contribution is -2.35. The molecule has 1 aliphatic carbocycles. The molecular weight excluding hydrogens is 404 g/mol. The molecule has 0 spiro atoms. The van der Waals surface area contributed by atoms with Gasteiger partial charge in [0.2, 0.25) is 0 Å². The molecule has 7 nitrogen and oxygen atoms in total. The molecule has 1 N–H and O–H groups in total. The Bertz CT molecular complexity index is 1320. The number of benzene rings is 2. The van der Waals surface area contributed by atoms with Gasteiger partial charge in [-0.25, -0.2) is 9.97 Å². The average molecular weight is 426 g/mol. The molecule has 0 atom stereocenters. The number of nitrogens with one attached hydrogen (secondary N) is 1. The van der Waals surface area contributed by atoms with Crippen molar-refractivity contribution in [2.45, 2.75) is 24.8 Å². The van der Waals surface area contributed by atoms with Crippen molar-refractivity contribution < 1.29 is 9.21 Å². The molecule has 0 bridgehead atoms. The zero-order chi connectivity index (χ0) is 22.1. The topological polar surface area (TPSA) is 90.0 Å². The van der Waals surface area contributed by atoms with Gasteiger partial charge >= 0.3 is 5.91 Å². The van der Waals surface area contributed by atoms with E-state index in [9.17, 15) is 9.59 Å². The third-order valence-corrected chi connectivity index (χ3v) is 5.81. The monoisotopic (exact) mass is 426 g/mol. The third-order valence-electron chi connectivity index (χ3n) is 5.81. The van der Waals surface area contributed by atoms with E-state index >= 15 is 0 Å². The van der Waals surface area contributed by atoms with Crippen LogP contribution in [0.3, 0.4) is 0 Å². The summed E-state index contributed by atoms with van der Waals surface area (Å²) >= 11 is 0. The van der Waals surface area contributed by atoms with Gasteiger partial charge in [-0.15, -0.1) is 0 Å². The van der Waals surface area contributed by atoms with E-state index in [1.54, 1.807) is 19.4 Å². The van der Waals surface area contributed by atoms with Crippen LogP contribution < -0.4 is 10.9 Å². The molecule has 2 heterocycles. The van der Waals surface area contributed by atoms with Crippen LogP contribution in [0.25, 0.3) is 11.1 Å². The molecule has 0 unspecified atom stereocenters. The summed E-state index contributed by atoms with van der Waals surface area (Å²) in [5.74, 6) is 0.387. The number of nitrogens with zero attached hydrogens (tertiary/aromatic N) is 3. The lowest BCUT2D eigenvalue weighted by molar-refractivity contribution is 0.0894. The largest absolute Gasteiger partial charge is 0.437 e. The van der Waals surface area contributed by atoms with E-state index in [1.165, 1.54) is 10.9 Å². The van der Waals surface area contributed by atoms with Gasteiger partial charge in [-0.1, -0.05) is 54.6 Å². The van der Waals surface area contributed by atoms with Gasteiger partial charge in [0.15, 0.2) is 0 Å². The smallest absolute Gasteiger partial charge is 0.307 e. The number of hydrogen-bond acceptors (Lipinski definition) is 5. The summed E-state index contributed by atoms with van der Waals surface area (Å²) in [6, 6.07) is 17.6. The molecule has 2 aromatic heterocycles. The van der Waals surface area contributed by atoms with Crippen molar-refractivity contribution in [3.05, 3.63) is 106 Å². The zero-order valence-electron chi connectivity index (χ0n) is 17.6. The predicted octanol–water partition coefficient (Wildman–Crippen LogP) is 3.45. The van der Waals surface area contributed by atoms with Gasteiger partial charge in [-0.05, 0) is 29.5 Å². The summed E-state index contributed by atoms with van der Waals surface area (Å²) in [5, 5.41) is 3.08. The molecule has 1 saturated carbocycles. The molecule has 1 aliphatic rings. The van der Waals surface area contributed by atoms with Crippen LogP contribution in [0.15, 0.2) is 82.5 Å². The van der Waals surface area contributed by atoms with Gasteiger partial charge in [0.05, 0.1) is 23.6 Å². The summed E-state index contributed by atoms with van der Waals surface area (Å²) in [4.78, 5) is 33.4. The number of amides is 1. The highest BCUT2D eigenvalue weighted by atomic mass is 16.4. The highest BCUT2D eigenvalue weighted by Crippen LogP contribution is 2.46. The van der Waals surface area contributed by atoms with Crippen LogP contribution in [0.2, 0.25) is 0 Å². The van der Waals surface area contributed by atoms with Crippen molar-refractivity contribution in [3.8, 4) is 11.1 Å². The van der Waals surface area contributed by atoms with Gasteiger partial charge in [-0.2, -0.15) is 0 Å². The van der Waals surface area contributed by atoms with E-state index in [0.717, 1.165) is 29.5 Å². The van der Waals surface area contributed by atoms with E-state index in [2.05, 4.69) is 15.3 Å². The fraction of sp³-hybridized carbons (Fsp3) is 0.200. The second kappa shape index (κ2) is 7.92. The SMILES string of the molecule is Cn1cncc(-c2ccc(C3(NC(=O)c4ncc(Cc5ccccc5)o4)CC3)cc2)c1=O. The Morgan fingerprint density at radius 2 is 1.84 bits per heavy atom. The van der Waals surface area contributed by atoms with Gasteiger partial charge in [0, 0.05) is 19.7 Å². The Morgan fingerprint density at radius 1 is 1.09 bits per heavy atom. The summed E-state index contributed by atoms with van der Waals surface area (Å²) in [6.45, 7) is 0. The standard InChI is InChI=1S/C25H22N4O3/c1-29-16-26-15-21(24(29)31)18-7-9-19(10-8-18)25(11-12-25)28-22(30)23-27-14-20(32-23)13-17-5-3-2-4-6-17/h2-10,14-16H,11-13H2,1H3,(H,28,30). The molecular formula is C25H22N4O3. The third kappa shape index (κ3) is 3.85. The Hall–Kier alpha value is -4.00. The minimum atomic E-state index is -0.427. The fourth-order valence-electron chi connectivity index (χ4n) is 3.85. The van der Waals surface area contributed by atoms with Crippen LogP contribution in [0.5, 0.6) is 0 Å². The number of aromatic nitrogens is 3. The number of rotatable bonds is 6. The lowest BCUT2D eigenvalue weighted by atomic mass is 10.0. The van der Waals surface area contributed by atoms with Crippen molar-refractivity contribution in [2.75, 3.05) is 0 Å². The Kier molecular flexibility index (Phi) is 4.93. The molecule has 0 saturated heterocycles. The Morgan fingerprint density at radius 3 is 2.56 bits per heavy atom. The van der Waals surface area contributed by atoms with E-state index in [-0.39, 0.29) is 17.4 Å². The number of oxazole rings is 1. The molecule has 2 aromatic carbocycles. The number of carbonyl (C=O) groups excluding carboxylic acids is 1. The molecule has 32 heavy (non-hydrogen) atoms. The first-order valence-electron chi connectivity index (χ1n) is 10.5. The molecule has 0 aliphatic heterocycles. The maximum atomic E-state index is 12.8. The first-order chi connectivity index (χ1) is 15.5. The van der Waals surface area contributed by atoms with Crippen LogP contribution in [0.4, 0.5) is 0 Å². The highest BCUT2D eigenvalue weighted by molar-refractivity contribution is 5.90. The molecule has 1 amide bonds. The van der Waals surface area contributed by atoms with Crippen molar-refractivity contribution in [1.29, 1.82) is 0 Å². The van der Waals surface area contributed by atoms with E-state index in [1.807, 2.05) is 54.6 Å². The van der Waals surface area contributed by atoms with E-state index in [4.69, 9.17) is 4.42 Å². The van der Waals surface area contributed by atoms with Crippen LogP contribution in [0.1, 0.15) is 40.4 Å². The first-order valence-corrected chi connectivity index (χ1v) is 10.5. The molecule has 1 fully saturated rings. The second-order valence-corrected chi connectivity index (χ2v) is 8.13. The van der Waals surface area contributed by atoms with Crippen LogP contribution >= 0.6 is 0 Å². The van der Waals surface area contributed by atoms with Crippen LogP contribution in [-0.4, -0.2) is 20.4 Å². The summed E-state index contributed by atoms with van der Waals surface area (Å²) in [6.07, 6.45) is 6.92. The zero-order valence-corrected chi connectivity index (χ0v) is 17.6. The van der Waals surface area contributed by atoms with Crippen molar-refractivity contribution in [2.24, 2.45) is 7.05 Å². The van der Waals surface area contributed by atoms with Gasteiger partial charge in [0.1, 0.15) is 5.76 Å². The molecule has 0 radical (unpaired) electrons. The maximum absolute atomic E-state index is 12.8. The van der Waals surface area contributed by atoms with Crippen molar-refractivity contribution in [1.82, 2.24) is 19.9 Å². The number of hydrogen-bond donors (Lipinski definition) is 1. The molecule has 4 aromatic rings. The number of aryl methyl sites for hydroxylation is 1. The molecule has 7 heteroatoms. The van der Waals surface area contributed by atoms with Crippen molar-refractivity contribution >= 4 is 5.91 Å². The van der Waals surface area contributed by atoms with Gasteiger partial charge < -0.3 is 14.3 Å². The van der Waals surface area contributed by atoms with Gasteiger partial charge in [0.25, 0.3) is 11.4 Å². The molecule has 160 valence electrons. The average Bonchev–Trinajstić information content (AvgIpc) is 3.44. The van der Waals surface area contributed by atoms with Crippen LogP contribution in [0, 0.1) is 0 Å². The number of carbonyl (C=O) groups is 1. The first kappa shape index (κ1) is 19.9. The minimum absolute atomic E-state index is 0.0673. The summed E-state index contributed by atoms with van der Waals surface area (Å²) < 4.78 is 7.15. The van der Waals surface area contributed by atoms with Gasteiger partial charge in [-0.3, -0.25) is 9.59 Å². The highest BCUT2D eigenvalue weighted by Gasteiger charge is 2.46. The quantitative estimate of drug-likeness (QED) is 0.510. The Labute approximate surface area is 184 Å². The minimum Gasteiger partial charge on any atom is -0.437 e. The summed E-state index contributed by atoms with van der Waals surface area (Å²) in [7, 11) is 1.68. The maximum Gasteiger partial charge on any atom is 0.307 e. The summed E-state index contributed by atoms with van der Waals surface area (Å²) in [5.41, 5.74) is 2.90. The normalized spacial score (nSPS) is 14.2. The molecule has 5 rings (SSSR count). The lowest BCUT2D eigenvalue weighted by Gasteiger charge is -2.17. The van der Waals surface area contributed by atoms with E-state index in [0.29, 0.717) is 17.7 Å². The fourth-order valence-corrected chi connectivity index (χ4v) is 3.85.